The van der Waals surface area contributed by atoms with Crippen molar-refractivity contribution in [1.82, 2.24) is 15.1 Å². The number of aryl methyl sites for hydroxylation is 2. The summed E-state index contributed by atoms with van der Waals surface area (Å²) < 4.78 is 2.16. The topological polar surface area (TPSA) is 29.9 Å². The van der Waals surface area contributed by atoms with E-state index in [2.05, 4.69) is 48.9 Å². The lowest BCUT2D eigenvalue weighted by Gasteiger charge is -2.19. The predicted octanol–water partition coefficient (Wildman–Crippen LogP) is 4.61. The number of nitrogens with zero attached hydrogens (tertiary/aromatic N) is 2. The number of unbranched alkanes of at least 4 members (excludes halogenated alkanes) is 4. The monoisotopic (exact) mass is 279 g/mol. The third kappa shape index (κ3) is 5.66. The summed E-state index contributed by atoms with van der Waals surface area (Å²) in [6.45, 7) is 10.8. The molecule has 0 aromatic carbocycles. The highest BCUT2D eigenvalue weighted by Gasteiger charge is 2.15. The molecule has 1 unspecified atom stereocenters. The maximum absolute atomic E-state index is 4.59. The summed E-state index contributed by atoms with van der Waals surface area (Å²) in [6.07, 6.45) is 9.16. The van der Waals surface area contributed by atoms with Gasteiger partial charge in [-0.25, -0.2) is 0 Å². The van der Waals surface area contributed by atoms with Crippen LogP contribution in [0.1, 0.15) is 83.1 Å². The van der Waals surface area contributed by atoms with Crippen molar-refractivity contribution in [2.45, 2.75) is 85.2 Å². The molecule has 116 valence electrons. The normalized spacial score (nSPS) is 12.8. The van der Waals surface area contributed by atoms with Crippen LogP contribution in [-0.4, -0.2) is 16.3 Å². The van der Waals surface area contributed by atoms with Gasteiger partial charge in [0.05, 0.1) is 11.4 Å². The number of hydrogen-bond acceptors (Lipinski definition) is 2. The van der Waals surface area contributed by atoms with Crippen LogP contribution in [0.25, 0.3) is 0 Å². The largest absolute Gasteiger partial charge is 0.309 e. The molecule has 1 rings (SSSR count). The Morgan fingerprint density at radius 2 is 1.85 bits per heavy atom. The van der Waals surface area contributed by atoms with Crippen molar-refractivity contribution in [2.24, 2.45) is 0 Å². The first-order chi connectivity index (χ1) is 9.72. The fourth-order valence-electron chi connectivity index (χ4n) is 2.72. The second-order valence-corrected chi connectivity index (χ2v) is 5.74. The maximum Gasteiger partial charge on any atom is 0.0597 e. The minimum atomic E-state index is 0.470. The predicted molar refractivity (Wildman–Crippen MR) is 87.0 cm³/mol. The van der Waals surface area contributed by atoms with Gasteiger partial charge in [0.1, 0.15) is 0 Å². The van der Waals surface area contributed by atoms with E-state index < -0.39 is 0 Å². The van der Waals surface area contributed by atoms with Crippen molar-refractivity contribution in [2.75, 3.05) is 6.54 Å². The van der Waals surface area contributed by atoms with Gasteiger partial charge in [-0.15, -0.1) is 0 Å². The third-order valence-electron chi connectivity index (χ3n) is 3.83. The molecular formula is C17H33N3. The number of hydrogen-bond donors (Lipinski definition) is 1. The highest BCUT2D eigenvalue weighted by Crippen LogP contribution is 2.21. The van der Waals surface area contributed by atoms with Crippen molar-refractivity contribution in [3.05, 3.63) is 17.5 Å². The highest BCUT2D eigenvalue weighted by molar-refractivity contribution is 5.13. The van der Waals surface area contributed by atoms with Gasteiger partial charge in [0.2, 0.25) is 0 Å². The van der Waals surface area contributed by atoms with Crippen LogP contribution in [0.4, 0.5) is 0 Å². The number of aromatic nitrogens is 2. The van der Waals surface area contributed by atoms with E-state index in [-0.39, 0.29) is 0 Å². The molecule has 3 nitrogen and oxygen atoms in total. The Balaban J connectivity index is 2.58. The molecule has 1 aromatic heterocycles. The number of nitrogens with one attached hydrogen (secondary N) is 1. The van der Waals surface area contributed by atoms with E-state index >= 15 is 0 Å². The average Bonchev–Trinajstić information content (AvgIpc) is 2.83. The van der Waals surface area contributed by atoms with Crippen molar-refractivity contribution in [1.29, 1.82) is 0 Å². The van der Waals surface area contributed by atoms with Gasteiger partial charge in [-0.3, -0.25) is 4.68 Å². The van der Waals surface area contributed by atoms with Gasteiger partial charge >= 0.3 is 0 Å². The quantitative estimate of drug-likeness (QED) is 0.599. The Bertz CT molecular complexity index is 357. The molecule has 1 atom stereocenters. The summed E-state index contributed by atoms with van der Waals surface area (Å²) >= 11 is 0. The summed E-state index contributed by atoms with van der Waals surface area (Å²) in [4.78, 5) is 0. The minimum Gasteiger partial charge on any atom is -0.309 e. The molecule has 1 heterocycles. The SMILES string of the molecule is CCCCCCCC(NCCC)c1cc(C)nn1CC. The lowest BCUT2D eigenvalue weighted by molar-refractivity contribution is 0.435. The van der Waals surface area contributed by atoms with Crippen LogP contribution in [0, 0.1) is 6.92 Å². The van der Waals surface area contributed by atoms with Crippen molar-refractivity contribution in [3.63, 3.8) is 0 Å². The molecule has 0 spiro atoms. The van der Waals surface area contributed by atoms with Gasteiger partial charge in [-0.05, 0) is 39.3 Å². The lowest BCUT2D eigenvalue weighted by atomic mass is 10.0. The Morgan fingerprint density at radius 1 is 1.10 bits per heavy atom. The Labute approximate surface area is 125 Å². The molecule has 3 heteroatoms. The molecule has 1 aromatic rings. The van der Waals surface area contributed by atoms with E-state index in [1.807, 2.05) is 0 Å². The fraction of sp³-hybridized carbons (Fsp3) is 0.824. The Morgan fingerprint density at radius 3 is 2.50 bits per heavy atom. The lowest BCUT2D eigenvalue weighted by Crippen LogP contribution is -2.24. The molecule has 0 radical (unpaired) electrons. The van der Waals surface area contributed by atoms with Gasteiger partial charge in [0.15, 0.2) is 0 Å². The molecule has 0 saturated heterocycles. The third-order valence-corrected chi connectivity index (χ3v) is 3.83. The van der Waals surface area contributed by atoms with Gasteiger partial charge in [-0.2, -0.15) is 5.10 Å². The molecule has 0 bridgehead atoms. The van der Waals surface area contributed by atoms with E-state index in [4.69, 9.17) is 0 Å². The summed E-state index contributed by atoms with van der Waals surface area (Å²) in [7, 11) is 0. The van der Waals surface area contributed by atoms with Gasteiger partial charge < -0.3 is 5.32 Å². The van der Waals surface area contributed by atoms with Crippen LogP contribution in [0.15, 0.2) is 6.07 Å². The van der Waals surface area contributed by atoms with Gasteiger partial charge in [-0.1, -0.05) is 46.0 Å². The molecule has 20 heavy (non-hydrogen) atoms. The molecule has 0 fully saturated rings. The summed E-state index contributed by atoms with van der Waals surface area (Å²) in [6, 6.07) is 2.72. The number of rotatable bonds is 11. The molecule has 0 aliphatic rings. The second kappa shape index (κ2) is 9.98. The molecule has 0 amide bonds. The standard InChI is InChI=1S/C17H33N3/c1-5-8-9-10-11-12-16(18-13-6-2)17-14-15(4)19-20(17)7-3/h14,16,18H,5-13H2,1-4H3. The van der Waals surface area contributed by atoms with Crippen LogP contribution in [0.2, 0.25) is 0 Å². The van der Waals surface area contributed by atoms with Crippen molar-refractivity contribution < 1.29 is 0 Å². The summed E-state index contributed by atoms with van der Waals surface area (Å²) in [5.41, 5.74) is 2.50. The summed E-state index contributed by atoms with van der Waals surface area (Å²) in [5.74, 6) is 0. The van der Waals surface area contributed by atoms with Crippen LogP contribution in [-0.2, 0) is 6.54 Å². The average molecular weight is 279 g/mol. The maximum atomic E-state index is 4.59. The second-order valence-electron chi connectivity index (χ2n) is 5.74. The van der Waals surface area contributed by atoms with Crippen LogP contribution < -0.4 is 5.32 Å². The van der Waals surface area contributed by atoms with E-state index in [0.29, 0.717) is 6.04 Å². The first kappa shape index (κ1) is 17.2. The molecule has 0 aliphatic heterocycles. The van der Waals surface area contributed by atoms with E-state index in [0.717, 1.165) is 18.8 Å². The fourth-order valence-corrected chi connectivity index (χ4v) is 2.72. The Hall–Kier alpha value is -0.830. The van der Waals surface area contributed by atoms with Crippen molar-refractivity contribution >= 4 is 0 Å². The van der Waals surface area contributed by atoms with Crippen LogP contribution >= 0.6 is 0 Å². The molecular weight excluding hydrogens is 246 g/mol. The van der Waals surface area contributed by atoms with Crippen molar-refractivity contribution in [3.8, 4) is 0 Å². The van der Waals surface area contributed by atoms with Crippen LogP contribution in [0.5, 0.6) is 0 Å². The smallest absolute Gasteiger partial charge is 0.0597 e. The zero-order chi connectivity index (χ0) is 14.8. The zero-order valence-corrected chi connectivity index (χ0v) is 13.9. The van der Waals surface area contributed by atoms with Gasteiger partial charge in [0.25, 0.3) is 0 Å². The van der Waals surface area contributed by atoms with E-state index in [9.17, 15) is 0 Å². The first-order valence-electron chi connectivity index (χ1n) is 8.50. The Kier molecular flexibility index (Phi) is 8.59. The molecule has 1 N–H and O–H groups in total. The van der Waals surface area contributed by atoms with E-state index in [1.165, 1.54) is 50.6 Å². The highest BCUT2D eigenvalue weighted by atomic mass is 15.3. The minimum absolute atomic E-state index is 0.470. The first-order valence-corrected chi connectivity index (χ1v) is 8.50. The zero-order valence-electron chi connectivity index (χ0n) is 13.9. The van der Waals surface area contributed by atoms with Gasteiger partial charge in [0, 0.05) is 12.6 Å². The van der Waals surface area contributed by atoms with Crippen LogP contribution in [0.3, 0.4) is 0 Å². The molecule has 0 saturated carbocycles. The van der Waals surface area contributed by atoms with E-state index in [1.54, 1.807) is 0 Å². The summed E-state index contributed by atoms with van der Waals surface area (Å²) in [5, 5.41) is 8.30. The molecule has 0 aliphatic carbocycles.